The molecule has 2 aromatic carbocycles. The first kappa shape index (κ1) is 20.5. The van der Waals surface area contributed by atoms with Gasteiger partial charge in [-0.15, -0.1) is 0 Å². The van der Waals surface area contributed by atoms with Crippen LogP contribution in [0.2, 0.25) is 0 Å². The number of rotatable bonds is 7. The predicted molar refractivity (Wildman–Crippen MR) is 98.3 cm³/mol. The van der Waals surface area contributed by atoms with Crippen molar-refractivity contribution in [3.8, 4) is 17.2 Å². The fourth-order valence-electron chi connectivity index (χ4n) is 2.17. The fraction of sp³-hybridized carbons (Fsp3) is 0.222. The molecular formula is C18H19N3O7. The van der Waals surface area contributed by atoms with Gasteiger partial charge in [0.2, 0.25) is 0 Å². The summed E-state index contributed by atoms with van der Waals surface area (Å²) in [5.41, 5.74) is 4.69. The molecule has 10 heteroatoms. The first-order valence-corrected chi connectivity index (χ1v) is 8.09. The van der Waals surface area contributed by atoms with E-state index in [1.165, 1.54) is 57.5 Å². The minimum atomic E-state index is -0.952. The summed E-state index contributed by atoms with van der Waals surface area (Å²) in [6, 6.07) is 9.83. The van der Waals surface area contributed by atoms with Crippen LogP contribution in [0.3, 0.4) is 0 Å². The van der Waals surface area contributed by atoms with Crippen molar-refractivity contribution in [2.24, 2.45) is 0 Å². The topological polar surface area (TPSA) is 129 Å². The van der Waals surface area contributed by atoms with E-state index in [4.69, 9.17) is 14.2 Å². The van der Waals surface area contributed by atoms with E-state index in [0.717, 1.165) is 0 Å². The highest BCUT2D eigenvalue weighted by molar-refractivity contribution is 5.96. The van der Waals surface area contributed by atoms with Crippen LogP contribution in [0.15, 0.2) is 42.5 Å². The highest BCUT2D eigenvalue weighted by Gasteiger charge is 2.17. The molecule has 2 amide bonds. The maximum absolute atomic E-state index is 12.2. The maximum atomic E-state index is 12.2. The van der Waals surface area contributed by atoms with Crippen molar-refractivity contribution in [3.05, 3.63) is 58.1 Å². The molecule has 0 bridgehead atoms. The lowest BCUT2D eigenvalue weighted by atomic mass is 10.2. The van der Waals surface area contributed by atoms with Crippen LogP contribution in [0.1, 0.15) is 17.3 Å². The Kier molecular flexibility index (Phi) is 6.74. The quantitative estimate of drug-likeness (QED) is 0.546. The summed E-state index contributed by atoms with van der Waals surface area (Å²) in [4.78, 5) is 34.3. The molecule has 28 heavy (non-hydrogen) atoms. The van der Waals surface area contributed by atoms with Crippen LogP contribution in [0.25, 0.3) is 0 Å². The molecule has 0 saturated carbocycles. The van der Waals surface area contributed by atoms with E-state index in [-0.39, 0.29) is 17.0 Å². The van der Waals surface area contributed by atoms with Gasteiger partial charge in [0.25, 0.3) is 17.5 Å². The van der Waals surface area contributed by atoms with Crippen molar-refractivity contribution in [3.63, 3.8) is 0 Å². The summed E-state index contributed by atoms with van der Waals surface area (Å²) in [5, 5.41) is 10.6. The largest absolute Gasteiger partial charge is 0.493 e. The zero-order valence-electron chi connectivity index (χ0n) is 15.4. The van der Waals surface area contributed by atoms with Crippen LogP contribution in [0.4, 0.5) is 5.69 Å². The Morgan fingerprint density at radius 3 is 2.21 bits per heavy atom. The number of methoxy groups -OCH3 is 2. The number of hydrazine groups is 1. The molecule has 0 aliphatic carbocycles. The molecule has 1 unspecified atom stereocenters. The molecule has 2 aromatic rings. The van der Waals surface area contributed by atoms with Gasteiger partial charge >= 0.3 is 0 Å². The second-order valence-corrected chi connectivity index (χ2v) is 5.52. The number of benzene rings is 2. The summed E-state index contributed by atoms with van der Waals surface area (Å²) in [6.07, 6.45) is -0.952. The molecule has 2 rings (SSSR count). The number of amides is 2. The average Bonchev–Trinajstić information content (AvgIpc) is 2.71. The fourth-order valence-corrected chi connectivity index (χ4v) is 2.17. The van der Waals surface area contributed by atoms with E-state index in [1.807, 2.05) is 0 Å². The number of carbonyl (C=O) groups excluding carboxylic acids is 2. The van der Waals surface area contributed by atoms with Crippen LogP contribution in [0, 0.1) is 10.1 Å². The van der Waals surface area contributed by atoms with Gasteiger partial charge in [0.05, 0.1) is 19.1 Å². The van der Waals surface area contributed by atoms with Crippen LogP contribution in [-0.4, -0.2) is 37.1 Å². The van der Waals surface area contributed by atoms with E-state index in [9.17, 15) is 19.7 Å². The molecule has 0 aliphatic rings. The van der Waals surface area contributed by atoms with E-state index < -0.39 is 22.8 Å². The van der Waals surface area contributed by atoms with Crippen LogP contribution >= 0.6 is 0 Å². The third-order valence-electron chi connectivity index (χ3n) is 3.67. The van der Waals surface area contributed by atoms with Gasteiger partial charge in [0, 0.05) is 17.7 Å². The molecule has 2 N–H and O–H groups in total. The van der Waals surface area contributed by atoms with Crippen LogP contribution in [0.5, 0.6) is 17.2 Å². The molecule has 0 spiro atoms. The smallest absolute Gasteiger partial charge is 0.279 e. The number of carbonyl (C=O) groups is 2. The van der Waals surface area contributed by atoms with Gasteiger partial charge in [-0.3, -0.25) is 30.6 Å². The Labute approximate surface area is 160 Å². The minimum Gasteiger partial charge on any atom is -0.493 e. The molecule has 148 valence electrons. The van der Waals surface area contributed by atoms with E-state index in [1.54, 1.807) is 6.07 Å². The van der Waals surface area contributed by atoms with Gasteiger partial charge in [-0.2, -0.15) is 0 Å². The Bertz CT molecular complexity index is 868. The molecule has 0 heterocycles. The normalized spacial score (nSPS) is 11.1. The SMILES string of the molecule is COc1ccc(C(=O)NNC(=O)C(C)Oc2ccc([N+](=O)[O-])cc2)cc1OC. The highest BCUT2D eigenvalue weighted by Crippen LogP contribution is 2.27. The molecule has 0 aliphatic heterocycles. The third kappa shape index (κ3) is 5.10. The molecule has 0 fully saturated rings. The number of nitrogens with zero attached hydrogens (tertiary/aromatic N) is 1. The second-order valence-electron chi connectivity index (χ2n) is 5.52. The molecular weight excluding hydrogens is 370 g/mol. The van der Waals surface area contributed by atoms with Crippen molar-refractivity contribution < 1.29 is 28.7 Å². The number of nitro benzene ring substituents is 1. The van der Waals surface area contributed by atoms with Crippen molar-refractivity contribution in [2.45, 2.75) is 13.0 Å². The number of non-ortho nitro benzene ring substituents is 1. The number of nitrogens with one attached hydrogen (secondary N) is 2. The van der Waals surface area contributed by atoms with Crippen molar-refractivity contribution in [2.75, 3.05) is 14.2 Å². The van der Waals surface area contributed by atoms with Crippen molar-refractivity contribution in [1.29, 1.82) is 0 Å². The van der Waals surface area contributed by atoms with Crippen molar-refractivity contribution in [1.82, 2.24) is 10.9 Å². The maximum Gasteiger partial charge on any atom is 0.279 e. The van der Waals surface area contributed by atoms with Crippen LogP contribution < -0.4 is 25.1 Å². The Morgan fingerprint density at radius 1 is 1.00 bits per heavy atom. The average molecular weight is 389 g/mol. The van der Waals surface area contributed by atoms with Gasteiger partial charge < -0.3 is 14.2 Å². The number of hydrogen-bond donors (Lipinski definition) is 2. The molecule has 0 saturated heterocycles. The molecule has 10 nitrogen and oxygen atoms in total. The molecule has 0 aromatic heterocycles. The zero-order valence-corrected chi connectivity index (χ0v) is 15.4. The molecule has 0 radical (unpaired) electrons. The molecule has 1 atom stereocenters. The first-order chi connectivity index (χ1) is 13.3. The lowest BCUT2D eigenvalue weighted by Crippen LogP contribution is -2.47. The lowest BCUT2D eigenvalue weighted by Gasteiger charge is -2.15. The van der Waals surface area contributed by atoms with Gasteiger partial charge in [0.15, 0.2) is 17.6 Å². The summed E-state index contributed by atoms with van der Waals surface area (Å²) in [5.74, 6) is -0.0481. The van der Waals surface area contributed by atoms with Gasteiger partial charge in [0.1, 0.15) is 5.75 Å². The lowest BCUT2D eigenvalue weighted by molar-refractivity contribution is -0.384. The third-order valence-corrected chi connectivity index (χ3v) is 3.67. The Hall–Kier alpha value is -3.82. The van der Waals surface area contributed by atoms with E-state index in [2.05, 4.69) is 10.9 Å². The van der Waals surface area contributed by atoms with Crippen LogP contribution in [-0.2, 0) is 4.79 Å². The highest BCUT2D eigenvalue weighted by atomic mass is 16.6. The number of hydrogen-bond acceptors (Lipinski definition) is 7. The number of ether oxygens (including phenoxy) is 3. The standard InChI is InChI=1S/C18H19N3O7/c1-11(28-14-7-5-13(6-8-14)21(24)25)17(22)19-20-18(23)12-4-9-15(26-2)16(10-12)27-3/h4-11H,1-3H3,(H,19,22)(H,20,23). The van der Waals surface area contributed by atoms with Gasteiger partial charge in [-0.05, 0) is 37.3 Å². The number of nitro groups is 1. The summed E-state index contributed by atoms with van der Waals surface area (Å²) in [7, 11) is 2.92. The zero-order chi connectivity index (χ0) is 20.7. The van der Waals surface area contributed by atoms with Gasteiger partial charge in [-0.25, -0.2) is 0 Å². The second kappa shape index (κ2) is 9.21. The Morgan fingerprint density at radius 2 is 1.64 bits per heavy atom. The monoisotopic (exact) mass is 389 g/mol. The summed E-state index contributed by atoms with van der Waals surface area (Å²) in [6.45, 7) is 1.47. The predicted octanol–water partition coefficient (Wildman–Crippen LogP) is 1.84. The summed E-state index contributed by atoms with van der Waals surface area (Å²) < 4.78 is 15.6. The Balaban J connectivity index is 1.91. The van der Waals surface area contributed by atoms with Gasteiger partial charge in [-0.1, -0.05) is 0 Å². The minimum absolute atomic E-state index is 0.0911. The first-order valence-electron chi connectivity index (χ1n) is 8.09. The summed E-state index contributed by atoms with van der Waals surface area (Å²) >= 11 is 0. The van der Waals surface area contributed by atoms with E-state index in [0.29, 0.717) is 11.5 Å². The van der Waals surface area contributed by atoms with Crippen molar-refractivity contribution >= 4 is 17.5 Å². The van der Waals surface area contributed by atoms with E-state index >= 15 is 0 Å².